The van der Waals surface area contributed by atoms with E-state index in [4.69, 9.17) is 4.52 Å². The SMILES string of the molecule is O=C1c2cccnc2CCN1CCN1CCC(c2noc3cc(F)ccc23)CC1. The number of benzene rings is 1. The van der Waals surface area contributed by atoms with Crippen LogP contribution in [0.1, 0.15) is 40.5 Å². The standard InChI is InChI=1S/C22H23FN4O2/c23-16-3-4-18-20(14-16)29-25-21(18)15-5-9-26(10-6-15)12-13-27-11-7-19-17(22(27)28)2-1-8-24-19/h1-4,8,14-15H,5-7,9-13H2. The van der Waals surface area contributed by atoms with Crippen LogP contribution in [0.5, 0.6) is 0 Å². The molecule has 1 aromatic carbocycles. The number of carbonyl (C=O) groups excluding carboxylic acids is 1. The number of hydrogen-bond donors (Lipinski definition) is 0. The molecule has 0 aliphatic carbocycles. The monoisotopic (exact) mass is 394 g/mol. The predicted octanol–water partition coefficient (Wildman–Crippen LogP) is 3.24. The molecule has 4 heterocycles. The lowest BCUT2D eigenvalue weighted by atomic mass is 9.91. The number of nitrogens with zero attached hydrogens (tertiary/aromatic N) is 4. The zero-order valence-electron chi connectivity index (χ0n) is 16.2. The van der Waals surface area contributed by atoms with E-state index in [1.165, 1.54) is 12.1 Å². The summed E-state index contributed by atoms with van der Waals surface area (Å²) in [5.74, 6) is 0.115. The van der Waals surface area contributed by atoms with Crippen LogP contribution in [0.15, 0.2) is 41.1 Å². The summed E-state index contributed by atoms with van der Waals surface area (Å²) < 4.78 is 18.7. The van der Waals surface area contributed by atoms with Crippen molar-refractivity contribution in [3.63, 3.8) is 0 Å². The number of piperidine rings is 1. The molecule has 2 aromatic heterocycles. The molecule has 0 N–H and O–H groups in total. The van der Waals surface area contributed by atoms with E-state index in [0.717, 1.165) is 74.3 Å². The van der Waals surface area contributed by atoms with Crippen molar-refractivity contribution in [1.29, 1.82) is 0 Å². The second-order valence-corrected chi connectivity index (χ2v) is 7.86. The highest BCUT2D eigenvalue weighted by molar-refractivity contribution is 5.96. The third-order valence-corrected chi connectivity index (χ3v) is 6.15. The van der Waals surface area contributed by atoms with Crippen molar-refractivity contribution in [2.24, 2.45) is 0 Å². The quantitative estimate of drug-likeness (QED) is 0.680. The zero-order valence-corrected chi connectivity index (χ0v) is 16.2. The van der Waals surface area contributed by atoms with Gasteiger partial charge in [-0.3, -0.25) is 9.78 Å². The number of likely N-dealkylation sites (tertiary alicyclic amines) is 1. The third-order valence-electron chi connectivity index (χ3n) is 6.15. The number of fused-ring (bicyclic) bond motifs is 2. The van der Waals surface area contributed by atoms with Gasteiger partial charge < -0.3 is 14.3 Å². The van der Waals surface area contributed by atoms with Crippen molar-refractivity contribution in [2.75, 3.05) is 32.7 Å². The first-order valence-corrected chi connectivity index (χ1v) is 10.2. The summed E-state index contributed by atoms with van der Waals surface area (Å²) in [5.41, 5.74) is 3.11. The van der Waals surface area contributed by atoms with E-state index in [1.54, 1.807) is 12.3 Å². The van der Waals surface area contributed by atoms with Crippen molar-refractivity contribution >= 4 is 16.9 Å². The molecule has 0 saturated carbocycles. The highest BCUT2D eigenvalue weighted by Crippen LogP contribution is 2.32. The molecule has 6 nitrogen and oxygen atoms in total. The number of amides is 1. The number of hydrogen-bond acceptors (Lipinski definition) is 5. The number of aromatic nitrogens is 2. The van der Waals surface area contributed by atoms with Crippen LogP contribution in [0.25, 0.3) is 11.0 Å². The number of halogens is 1. The van der Waals surface area contributed by atoms with Crippen molar-refractivity contribution in [1.82, 2.24) is 19.9 Å². The first kappa shape index (κ1) is 18.2. The minimum atomic E-state index is -0.305. The lowest BCUT2D eigenvalue weighted by molar-refractivity contribution is 0.0708. The minimum absolute atomic E-state index is 0.0931. The average Bonchev–Trinajstić information content (AvgIpc) is 3.17. The lowest BCUT2D eigenvalue weighted by Crippen LogP contribution is -2.44. The van der Waals surface area contributed by atoms with E-state index in [2.05, 4.69) is 15.0 Å². The summed E-state index contributed by atoms with van der Waals surface area (Å²) in [6.45, 7) is 4.27. The van der Waals surface area contributed by atoms with Crippen molar-refractivity contribution in [3.8, 4) is 0 Å². The molecule has 2 aliphatic rings. The first-order chi connectivity index (χ1) is 14.2. The van der Waals surface area contributed by atoms with Crippen LogP contribution in [-0.4, -0.2) is 58.6 Å². The summed E-state index contributed by atoms with van der Waals surface area (Å²) in [5, 5.41) is 5.13. The van der Waals surface area contributed by atoms with Gasteiger partial charge in [0.2, 0.25) is 0 Å². The smallest absolute Gasteiger partial charge is 0.255 e. The molecular weight excluding hydrogens is 371 g/mol. The molecule has 2 aliphatic heterocycles. The Bertz CT molecular complexity index is 1040. The van der Waals surface area contributed by atoms with Gasteiger partial charge in [0.05, 0.1) is 17.0 Å². The van der Waals surface area contributed by atoms with Gasteiger partial charge in [0.25, 0.3) is 5.91 Å². The summed E-state index contributed by atoms with van der Waals surface area (Å²) in [6.07, 6.45) is 4.55. The second kappa shape index (κ2) is 7.55. The zero-order chi connectivity index (χ0) is 19.8. The van der Waals surface area contributed by atoms with Crippen LogP contribution in [0.4, 0.5) is 4.39 Å². The Hall–Kier alpha value is -2.80. The molecule has 0 bridgehead atoms. The van der Waals surface area contributed by atoms with Crippen LogP contribution >= 0.6 is 0 Å². The Balaban J connectivity index is 1.17. The summed E-state index contributed by atoms with van der Waals surface area (Å²) in [6, 6.07) is 8.31. The largest absolute Gasteiger partial charge is 0.356 e. The lowest BCUT2D eigenvalue weighted by Gasteiger charge is -2.34. The molecule has 29 heavy (non-hydrogen) atoms. The molecule has 7 heteroatoms. The van der Waals surface area contributed by atoms with E-state index in [0.29, 0.717) is 11.5 Å². The fourth-order valence-electron chi connectivity index (χ4n) is 4.48. The Labute approximate surface area is 168 Å². The molecule has 150 valence electrons. The molecule has 0 radical (unpaired) electrons. The van der Waals surface area contributed by atoms with E-state index in [1.807, 2.05) is 17.0 Å². The maximum absolute atomic E-state index is 13.4. The van der Waals surface area contributed by atoms with Gasteiger partial charge >= 0.3 is 0 Å². The Morgan fingerprint density at radius 1 is 1.14 bits per heavy atom. The van der Waals surface area contributed by atoms with Gasteiger partial charge in [-0.1, -0.05) is 5.16 Å². The summed E-state index contributed by atoms with van der Waals surface area (Å²) in [4.78, 5) is 21.3. The van der Waals surface area contributed by atoms with Crippen LogP contribution in [0, 0.1) is 5.82 Å². The number of rotatable bonds is 4. The van der Waals surface area contributed by atoms with Gasteiger partial charge in [-0.15, -0.1) is 0 Å². The van der Waals surface area contributed by atoms with E-state index in [9.17, 15) is 9.18 Å². The molecule has 3 aromatic rings. The van der Waals surface area contributed by atoms with E-state index >= 15 is 0 Å². The van der Waals surface area contributed by atoms with Crippen LogP contribution in [0.2, 0.25) is 0 Å². The van der Waals surface area contributed by atoms with E-state index in [-0.39, 0.29) is 11.7 Å². The fraction of sp³-hybridized carbons (Fsp3) is 0.409. The first-order valence-electron chi connectivity index (χ1n) is 10.2. The van der Waals surface area contributed by atoms with Gasteiger partial charge in [0.15, 0.2) is 5.58 Å². The summed E-state index contributed by atoms with van der Waals surface area (Å²) >= 11 is 0. The second-order valence-electron chi connectivity index (χ2n) is 7.86. The highest BCUT2D eigenvalue weighted by Gasteiger charge is 2.28. The average molecular weight is 394 g/mol. The molecule has 0 spiro atoms. The number of pyridine rings is 1. The van der Waals surface area contributed by atoms with Gasteiger partial charge in [-0.05, 0) is 50.2 Å². The third kappa shape index (κ3) is 3.51. The van der Waals surface area contributed by atoms with Crippen LogP contribution in [-0.2, 0) is 6.42 Å². The van der Waals surface area contributed by atoms with Crippen LogP contribution in [0.3, 0.4) is 0 Å². The normalized spacial score (nSPS) is 18.4. The van der Waals surface area contributed by atoms with Crippen LogP contribution < -0.4 is 0 Å². The van der Waals surface area contributed by atoms with E-state index < -0.39 is 0 Å². The van der Waals surface area contributed by atoms with Gasteiger partial charge in [-0.2, -0.15) is 0 Å². The Morgan fingerprint density at radius 3 is 2.86 bits per heavy atom. The predicted molar refractivity (Wildman–Crippen MR) is 106 cm³/mol. The fourth-order valence-corrected chi connectivity index (χ4v) is 4.48. The maximum atomic E-state index is 13.4. The topological polar surface area (TPSA) is 62.5 Å². The molecular formula is C22H23FN4O2. The van der Waals surface area contributed by atoms with Crippen molar-refractivity contribution in [3.05, 3.63) is 59.3 Å². The molecule has 1 fully saturated rings. The number of carbonyl (C=O) groups is 1. The molecule has 1 saturated heterocycles. The molecule has 0 unspecified atom stereocenters. The van der Waals surface area contributed by atoms with Crippen molar-refractivity contribution in [2.45, 2.75) is 25.2 Å². The van der Waals surface area contributed by atoms with Gasteiger partial charge in [-0.25, -0.2) is 4.39 Å². The molecule has 1 amide bonds. The van der Waals surface area contributed by atoms with Gasteiger partial charge in [0.1, 0.15) is 5.82 Å². The molecule has 0 atom stereocenters. The minimum Gasteiger partial charge on any atom is -0.356 e. The Kier molecular flexibility index (Phi) is 4.75. The maximum Gasteiger partial charge on any atom is 0.255 e. The van der Waals surface area contributed by atoms with Crippen molar-refractivity contribution < 1.29 is 13.7 Å². The van der Waals surface area contributed by atoms with Gasteiger partial charge in [0, 0.05) is 49.6 Å². The highest BCUT2D eigenvalue weighted by atomic mass is 19.1. The summed E-state index contributed by atoms with van der Waals surface area (Å²) in [7, 11) is 0. The Morgan fingerprint density at radius 2 is 2.00 bits per heavy atom. The molecule has 5 rings (SSSR count).